The molecule has 1 N–H and O–H groups in total. The molecule has 0 heterocycles. The predicted molar refractivity (Wildman–Crippen MR) is 86.4 cm³/mol. The van der Waals surface area contributed by atoms with Crippen molar-refractivity contribution in [2.24, 2.45) is 0 Å². The normalized spacial score (nSPS) is 13.0. The Morgan fingerprint density at radius 2 is 1.61 bits per heavy atom. The summed E-state index contributed by atoms with van der Waals surface area (Å²) in [5.74, 6) is -0.179. The Hall–Kier alpha value is -1.48. The van der Waals surface area contributed by atoms with Crippen molar-refractivity contribution in [3.05, 3.63) is 41.0 Å². The zero-order chi connectivity index (χ0) is 17.6. The largest absolute Gasteiger partial charge is 0.412 e. The maximum Gasteiger partial charge on any atom is 0.412 e. The molecule has 0 aromatic heterocycles. The van der Waals surface area contributed by atoms with Crippen molar-refractivity contribution >= 4 is 20.5 Å². The summed E-state index contributed by atoms with van der Waals surface area (Å²) >= 11 is 0. The van der Waals surface area contributed by atoms with E-state index in [1.54, 1.807) is 38.1 Å². The van der Waals surface area contributed by atoms with Gasteiger partial charge in [0.05, 0.1) is 0 Å². The number of hydrogen-bond acceptors (Lipinski definition) is 5. The van der Waals surface area contributed by atoms with Crippen molar-refractivity contribution in [2.75, 3.05) is 0 Å². The van der Waals surface area contributed by atoms with Crippen LogP contribution >= 0.6 is 0 Å². The number of rotatable bonds is 4. The Morgan fingerprint density at radius 1 is 1.04 bits per heavy atom. The first-order valence-corrected chi connectivity index (χ1v) is 9.68. The number of aryl methyl sites for hydroxylation is 1. The van der Waals surface area contributed by atoms with Gasteiger partial charge in [0, 0.05) is 5.56 Å². The SMILES string of the molecule is Cc1ccccc2c(C)c(C(C)C)c(S(=O)(=O)OS(=O)(=O)O)c1-2. The fourth-order valence-electron chi connectivity index (χ4n) is 2.90. The fourth-order valence-corrected chi connectivity index (χ4v) is 5.25. The Kier molecular flexibility index (Phi) is 4.55. The molecule has 6 nitrogen and oxygen atoms in total. The molecule has 0 aromatic rings. The highest BCUT2D eigenvalue weighted by atomic mass is 32.3. The highest BCUT2D eigenvalue weighted by Crippen LogP contribution is 2.44. The molecule has 0 unspecified atom stereocenters. The Morgan fingerprint density at radius 3 is 2.13 bits per heavy atom. The third-order valence-corrected chi connectivity index (χ3v) is 6.00. The maximum atomic E-state index is 12.5. The van der Waals surface area contributed by atoms with Crippen LogP contribution in [0.3, 0.4) is 0 Å². The monoisotopic (exact) mass is 358 g/mol. The molecule has 0 aliphatic heterocycles. The van der Waals surface area contributed by atoms with Crippen LogP contribution in [-0.4, -0.2) is 21.4 Å². The van der Waals surface area contributed by atoms with E-state index in [9.17, 15) is 16.8 Å². The molecular weight excluding hydrogens is 340 g/mol. The molecule has 2 rings (SSSR count). The topological polar surface area (TPSA) is 97.7 Å². The molecule has 0 radical (unpaired) electrons. The van der Waals surface area contributed by atoms with Crippen molar-refractivity contribution < 1.29 is 25.0 Å². The van der Waals surface area contributed by atoms with Gasteiger partial charge in [-0.3, -0.25) is 4.55 Å². The van der Waals surface area contributed by atoms with Crippen LogP contribution in [0.1, 0.15) is 36.5 Å². The number of fused-ring (bicyclic) bond motifs is 1. The summed E-state index contributed by atoms with van der Waals surface area (Å²) < 4.78 is 59.7. The second-order valence-corrected chi connectivity index (χ2v) is 8.38. The summed E-state index contributed by atoms with van der Waals surface area (Å²) in [7, 11) is -9.84. The third kappa shape index (κ3) is 3.40. The van der Waals surface area contributed by atoms with Gasteiger partial charge < -0.3 is 0 Å². The van der Waals surface area contributed by atoms with Crippen LogP contribution < -0.4 is 0 Å². The van der Waals surface area contributed by atoms with Gasteiger partial charge in [0.25, 0.3) is 0 Å². The third-order valence-electron chi connectivity index (χ3n) is 3.67. The van der Waals surface area contributed by atoms with E-state index in [0.29, 0.717) is 22.3 Å². The van der Waals surface area contributed by atoms with E-state index in [1.807, 2.05) is 13.8 Å². The lowest BCUT2D eigenvalue weighted by atomic mass is 10.0. The first-order valence-electron chi connectivity index (χ1n) is 6.91. The van der Waals surface area contributed by atoms with Crippen LogP contribution in [0, 0.1) is 13.8 Å². The van der Waals surface area contributed by atoms with Crippen LogP contribution in [0.25, 0.3) is 11.1 Å². The van der Waals surface area contributed by atoms with Crippen molar-refractivity contribution in [3.8, 4) is 11.1 Å². The smallest absolute Gasteiger partial charge is 0.263 e. The average Bonchev–Trinajstić information content (AvgIpc) is 2.52. The minimum absolute atomic E-state index is 0.179. The molecule has 0 spiro atoms. The van der Waals surface area contributed by atoms with E-state index in [0.717, 1.165) is 5.56 Å². The molecule has 0 bridgehead atoms. The zero-order valence-corrected chi connectivity index (χ0v) is 14.8. The van der Waals surface area contributed by atoms with E-state index in [-0.39, 0.29) is 10.8 Å². The van der Waals surface area contributed by atoms with Gasteiger partial charge in [-0.2, -0.15) is 16.8 Å². The van der Waals surface area contributed by atoms with Gasteiger partial charge in [-0.05, 0) is 42.0 Å². The van der Waals surface area contributed by atoms with E-state index < -0.39 is 20.5 Å². The van der Waals surface area contributed by atoms with Gasteiger partial charge in [0.15, 0.2) is 0 Å². The molecule has 23 heavy (non-hydrogen) atoms. The summed E-state index contributed by atoms with van der Waals surface area (Å²) in [6.45, 7) is 7.13. The standard InChI is InChI=1S/C15H18O6S2/c1-9(2)13-11(4)12-8-6-5-7-10(3)14(12)15(13)22(16,17)21-23(18,19)20/h5-9H,1-4H3,(H,18,19,20). The molecule has 0 aromatic carbocycles. The molecule has 126 valence electrons. The van der Waals surface area contributed by atoms with E-state index in [4.69, 9.17) is 4.55 Å². The van der Waals surface area contributed by atoms with Crippen LogP contribution in [0.5, 0.6) is 0 Å². The lowest BCUT2D eigenvalue weighted by molar-refractivity contribution is 0.383. The van der Waals surface area contributed by atoms with E-state index >= 15 is 0 Å². The first kappa shape index (κ1) is 17.9. The second-order valence-electron chi connectivity index (χ2n) is 5.66. The molecular formula is C15H18O6S2. The molecule has 0 atom stereocenters. The summed E-state index contributed by atoms with van der Waals surface area (Å²) in [5.41, 5.74) is 3.00. The molecule has 8 heteroatoms. The highest BCUT2D eigenvalue weighted by molar-refractivity contribution is 7.97. The molecule has 2 aliphatic carbocycles. The fraction of sp³-hybridized carbons (Fsp3) is 0.333. The Labute approximate surface area is 136 Å². The van der Waals surface area contributed by atoms with Crippen LogP contribution in [0.2, 0.25) is 0 Å². The summed E-state index contributed by atoms with van der Waals surface area (Å²) in [4.78, 5) is -0.202. The van der Waals surface area contributed by atoms with Gasteiger partial charge in [-0.15, -0.1) is 3.63 Å². The van der Waals surface area contributed by atoms with Gasteiger partial charge in [-0.1, -0.05) is 38.1 Å². The maximum absolute atomic E-state index is 12.5. The minimum Gasteiger partial charge on any atom is -0.263 e. The van der Waals surface area contributed by atoms with Crippen LogP contribution in [-0.2, 0) is 24.1 Å². The zero-order valence-electron chi connectivity index (χ0n) is 13.2. The van der Waals surface area contributed by atoms with Crippen molar-refractivity contribution in [2.45, 2.75) is 38.5 Å². The quantitative estimate of drug-likeness (QED) is 0.844. The molecule has 0 saturated heterocycles. The molecule has 0 amide bonds. The number of hydrogen-bond donors (Lipinski definition) is 1. The van der Waals surface area contributed by atoms with Crippen molar-refractivity contribution in [1.29, 1.82) is 0 Å². The van der Waals surface area contributed by atoms with Gasteiger partial charge in [0.2, 0.25) is 0 Å². The first-order chi connectivity index (χ1) is 10.5. The van der Waals surface area contributed by atoms with Crippen molar-refractivity contribution in [3.63, 3.8) is 0 Å². The summed E-state index contributed by atoms with van der Waals surface area (Å²) in [5, 5.41) is 0. The van der Waals surface area contributed by atoms with Crippen LogP contribution in [0.15, 0.2) is 29.2 Å². The average molecular weight is 358 g/mol. The van der Waals surface area contributed by atoms with Gasteiger partial charge in [-0.25, -0.2) is 0 Å². The second kappa shape index (κ2) is 5.86. The Balaban J connectivity index is 2.97. The lowest BCUT2D eigenvalue weighted by Crippen LogP contribution is -2.14. The van der Waals surface area contributed by atoms with Crippen molar-refractivity contribution in [1.82, 2.24) is 0 Å². The lowest BCUT2D eigenvalue weighted by Gasteiger charge is -2.10. The van der Waals surface area contributed by atoms with E-state index in [1.165, 1.54) is 0 Å². The van der Waals surface area contributed by atoms with E-state index in [2.05, 4.69) is 3.63 Å². The summed E-state index contributed by atoms with van der Waals surface area (Å²) in [6, 6.07) is 7.06. The Bertz CT molecular complexity index is 927. The highest BCUT2D eigenvalue weighted by Gasteiger charge is 2.35. The summed E-state index contributed by atoms with van der Waals surface area (Å²) in [6.07, 6.45) is 0. The van der Waals surface area contributed by atoms with Gasteiger partial charge in [0.1, 0.15) is 4.90 Å². The predicted octanol–water partition coefficient (Wildman–Crippen LogP) is 3.04. The molecule has 0 fully saturated rings. The minimum atomic E-state index is -5.15. The molecule has 2 aliphatic rings. The van der Waals surface area contributed by atoms with Gasteiger partial charge >= 0.3 is 20.5 Å². The van der Waals surface area contributed by atoms with Crippen LogP contribution in [0.4, 0.5) is 0 Å². The molecule has 0 saturated carbocycles.